The number of halogens is 1. The van der Waals surface area contributed by atoms with Crippen LogP contribution in [0.3, 0.4) is 0 Å². The molecule has 6 heteroatoms. The number of nitrogens with zero attached hydrogens (tertiary/aromatic N) is 1. The maximum Gasteiger partial charge on any atom is 0.245 e. The molecule has 1 saturated carbocycles. The summed E-state index contributed by atoms with van der Waals surface area (Å²) >= 11 is 0. The average Bonchev–Trinajstić information content (AvgIpc) is 2.86. The molecule has 1 aliphatic carbocycles. The summed E-state index contributed by atoms with van der Waals surface area (Å²) in [5.74, 6) is -0.223. The Bertz CT molecular complexity index is 618. The van der Waals surface area contributed by atoms with Crippen LogP contribution >= 0.6 is 0 Å². The second-order valence-corrected chi connectivity index (χ2v) is 7.53. The summed E-state index contributed by atoms with van der Waals surface area (Å²) in [4.78, 5) is -0.0938. The van der Waals surface area contributed by atoms with Gasteiger partial charge in [0.15, 0.2) is 0 Å². The molecule has 1 saturated heterocycles. The van der Waals surface area contributed by atoms with E-state index in [1.807, 2.05) is 0 Å². The van der Waals surface area contributed by atoms with Crippen LogP contribution in [0.5, 0.6) is 0 Å². The summed E-state index contributed by atoms with van der Waals surface area (Å²) in [5.41, 5.74) is 5.35. The van der Waals surface area contributed by atoms with Gasteiger partial charge in [0.05, 0.1) is 5.69 Å². The van der Waals surface area contributed by atoms with E-state index >= 15 is 0 Å². The molecular weight excluding hydrogens is 279 g/mol. The number of para-hydroxylation sites is 1. The highest BCUT2D eigenvalue weighted by atomic mass is 32.2. The molecule has 0 bridgehead atoms. The van der Waals surface area contributed by atoms with Crippen molar-refractivity contribution in [1.82, 2.24) is 4.31 Å². The van der Waals surface area contributed by atoms with Gasteiger partial charge < -0.3 is 5.73 Å². The van der Waals surface area contributed by atoms with Gasteiger partial charge in [-0.15, -0.1) is 0 Å². The van der Waals surface area contributed by atoms with Gasteiger partial charge in [0.1, 0.15) is 10.7 Å². The zero-order valence-corrected chi connectivity index (χ0v) is 12.1. The Morgan fingerprint density at radius 2 is 1.95 bits per heavy atom. The van der Waals surface area contributed by atoms with E-state index in [2.05, 4.69) is 0 Å². The lowest BCUT2D eigenvalue weighted by Gasteiger charge is -2.31. The van der Waals surface area contributed by atoms with E-state index in [9.17, 15) is 12.8 Å². The van der Waals surface area contributed by atoms with Gasteiger partial charge in [0.2, 0.25) is 10.0 Å². The van der Waals surface area contributed by atoms with Crippen molar-refractivity contribution in [3.63, 3.8) is 0 Å². The SMILES string of the molecule is Nc1c(F)cccc1S(=O)(=O)N1CCC2CCCCC21. The van der Waals surface area contributed by atoms with Gasteiger partial charge in [-0.1, -0.05) is 18.9 Å². The van der Waals surface area contributed by atoms with Gasteiger partial charge >= 0.3 is 0 Å². The van der Waals surface area contributed by atoms with E-state index in [0.29, 0.717) is 12.5 Å². The molecule has 2 atom stereocenters. The lowest BCUT2D eigenvalue weighted by atomic mass is 9.86. The van der Waals surface area contributed by atoms with E-state index in [1.165, 1.54) is 24.6 Å². The number of benzene rings is 1. The lowest BCUT2D eigenvalue weighted by Crippen LogP contribution is -2.39. The summed E-state index contributed by atoms with van der Waals surface area (Å²) in [6, 6.07) is 4.04. The molecule has 1 heterocycles. The topological polar surface area (TPSA) is 63.4 Å². The number of hydrogen-bond acceptors (Lipinski definition) is 3. The van der Waals surface area contributed by atoms with Crippen molar-refractivity contribution in [2.75, 3.05) is 12.3 Å². The van der Waals surface area contributed by atoms with Crippen LogP contribution in [0.2, 0.25) is 0 Å². The second-order valence-electron chi connectivity index (χ2n) is 5.67. The van der Waals surface area contributed by atoms with E-state index in [0.717, 1.165) is 25.7 Å². The molecule has 0 amide bonds. The minimum Gasteiger partial charge on any atom is -0.395 e. The normalized spacial score (nSPS) is 27.4. The quantitative estimate of drug-likeness (QED) is 0.853. The highest BCUT2D eigenvalue weighted by Crippen LogP contribution is 2.40. The predicted molar refractivity (Wildman–Crippen MR) is 75.1 cm³/mol. The van der Waals surface area contributed by atoms with Crippen LogP contribution in [0.4, 0.5) is 10.1 Å². The van der Waals surface area contributed by atoms with Gasteiger partial charge in [-0.2, -0.15) is 4.31 Å². The molecule has 3 rings (SSSR count). The standard InChI is InChI=1S/C14H19FN2O2S/c15-11-5-3-7-13(14(11)16)20(18,19)17-9-8-10-4-1-2-6-12(10)17/h3,5,7,10,12H,1-2,4,6,8-9,16H2. The zero-order valence-electron chi connectivity index (χ0n) is 11.3. The van der Waals surface area contributed by atoms with Gasteiger partial charge in [0.25, 0.3) is 0 Å². The molecule has 0 radical (unpaired) electrons. The predicted octanol–water partition coefficient (Wildman–Crippen LogP) is 2.36. The maximum atomic E-state index is 13.5. The molecule has 1 aromatic carbocycles. The van der Waals surface area contributed by atoms with Crippen molar-refractivity contribution < 1.29 is 12.8 Å². The third-order valence-electron chi connectivity index (χ3n) is 4.56. The van der Waals surface area contributed by atoms with Crippen molar-refractivity contribution in [3.05, 3.63) is 24.0 Å². The van der Waals surface area contributed by atoms with Gasteiger partial charge in [-0.25, -0.2) is 12.8 Å². The molecule has 2 fully saturated rings. The average molecular weight is 298 g/mol. The molecule has 20 heavy (non-hydrogen) atoms. The molecule has 1 aromatic rings. The van der Waals surface area contributed by atoms with Gasteiger partial charge in [-0.3, -0.25) is 0 Å². The number of rotatable bonds is 2. The molecule has 2 unspecified atom stereocenters. The van der Waals surface area contributed by atoms with Crippen LogP contribution < -0.4 is 5.73 Å². The molecule has 2 N–H and O–H groups in total. The first-order chi connectivity index (χ1) is 9.51. The maximum absolute atomic E-state index is 13.5. The van der Waals surface area contributed by atoms with Crippen molar-refractivity contribution in [2.24, 2.45) is 5.92 Å². The van der Waals surface area contributed by atoms with Gasteiger partial charge in [-0.05, 0) is 37.3 Å². The third kappa shape index (κ3) is 2.11. The lowest BCUT2D eigenvalue weighted by molar-refractivity contribution is 0.260. The highest BCUT2D eigenvalue weighted by Gasteiger charge is 2.42. The fourth-order valence-electron chi connectivity index (χ4n) is 3.53. The Labute approximate surface area is 118 Å². The summed E-state index contributed by atoms with van der Waals surface area (Å²) in [5, 5.41) is 0. The summed E-state index contributed by atoms with van der Waals surface area (Å²) in [6.07, 6.45) is 5.14. The van der Waals surface area contributed by atoms with E-state index in [1.54, 1.807) is 4.31 Å². The summed E-state index contributed by atoms with van der Waals surface area (Å²) in [6.45, 7) is 0.521. The Balaban J connectivity index is 1.98. The molecule has 0 spiro atoms. The Morgan fingerprint density at radius 1 is 1.20 bits per heavy atom. The van der Waals surface area contributed by atoms with Crippen LogP contribution in [0, 0.1) is 11.7 Å². The van der Waals surface area contributed by atoms with Crippen molar-refractivity contribution >= 4 is 15.7 Å². The summed E-state index contributed by atoms with van der Waals surface area (Å²) < 4.78 is 40.5. The number of hydrogen-bond donors (Lipinski definition) is 1. The minimum atomic E-state index is -3.69. The monoisotopic (exact) mass is 298 g/mol. The molecule has 110 valence electrons. The third-order valence-corrected chi connectivity index (χ3v) is 6.54. The minimum absolute atomic E-state index is 0.0661. The Morgan fingerprint density at radius 3 is 2.75 bits per heavy atom. The van der Waals surface area contributed by atoms with Crippen molar-refractivity contribution in [3.8, 4) is 0 Å². The molecule has 4 nitrogen and oxygen atoms in total. The van der Waals surface area contributed by atoms with Crippen molar-refractivity contribution in [1.29, 1.82) is 0 Å². The molecule has 1 aliphatic heterocycles. The fraction of sp³-hybridized carbons (Fsp3) is 0.571. The summed E-state index contributed by atoms with van der Waals surface area (Å²) in [7, 11) is -3.69. The first-order valence-corrected chi connectivity index (χ1v) is 8.51. The smallest absolute Gasteiger partial charge is 0.245 e. The Kier molecular flexibility index (Phi) is 3.46. The largest absolute Gasteiger partial charge is 0.395 e. The molecular formula is C14H19FN2O2S. The highest BCUT2D eigenvalue weighted by molar-refractivity contribution is 7.89. The number of fused-ring (bicyclic) bond motifs is 1. The number of nitrogen functional groups attached to an aromatic ring is 1. The Hall–Kier alpha value is -1.14. The first kappa shape index (κ1) is 13.8. The fourth-order valence-corrected chi connectivity index (χ4v) is 5.39. The van der Waals surface area contributed by atoms with Crippen molar-refractivity contribution in [2.45, 2.75) is 43.0 Å². The van der Waals surface area contributed by atoms with E-state index < -0.39 is 15.8 Å². The molecule has 0 aromatic heterocycles. The van der Waals surface area contributed by atoms with E-state index in [-0.39, 0.29) is 16.6 Å². The number of anilines is 1. The van der Waals surface area contributed by atoms with Crippen LogP contribution in [0.25, 0.3) is 0 Å². The second kappa shape index (κ2) is 5.00. The zero-order chi connectivity index (χ0) is 14.3. The molecule has 2 aliphatic rings. The van der Waals surface area contributed by atoms with Crippen LogP contribution in [-0.4, -0.2) is 25.3 Å². The number of nitrogens with two attached hydrogens (primary N) is 1. The number of sulfonamides is 1. The van der Waals surface area contributed by atoms with Crippen LogP contribution in [0.15, 0.2) is 23.1 Å². The first-order valence-electron chi connectivity index (χ1n) is 7.07. The van der Waals surface area contributed by atoms with Gasteiger partial charge in [0, 0.05) is 12.6 Å². The van der Waals surface area contributed by atoms with Crippen LogP contribution in [0.1, 0.15) is 32.1 Å². The van der Waals surface area contributed by atoms with Crippen LogP contribution in [-0.2, 0) is 10.0 Å². The van der Waals surface area contributed by atoms with E-state index in [4.69, 9.17) is 5.73 Å².